The predicted molar refractivity (Wildman–Crippen MR) is 123 cm³/mol. The van der Waals surface area contributed by atoms with Gasteiger partial charge in [0, 0.05) is 29.9 Å². The number of anilines is 2. The molecule has 9 heteroatoms. The number of hydrogen-bond acceptors (Lipinski definition) is 6. The van der Waals surface area contributed by atoms with Crippen molar-refractivity contribution in [1.82, 2.24) is 10.6 Å². The third-order valence-electron chi connectivity index (χ3n) is 5.01. The van der Waals surface area contributed by atoms with Gasteiger partial charge in [-0.3, -0.25) is 9.59 Å². The first-order valence-corrected chi connectivity index (χ1v) is 10.5. The van der Waals surface area contributed by atoms with Gasteiger partial charge in [0.25, 0.3) is 5.91 Å². The van der Waals surface area contributed by atoms with Gasteiger partial charge in [0.2, 0.25) is 5.78 Å². The Hall–Kier alpha value is -4.14. The van der Waals surface area contributed by atoms with Gasteiger partial charge in [-0.05, 0) is 39.0 Å². The van der Waals surface area contributed by atoms with Crippen LogP contribution in [-0.2, 0) is 9.53 Å². The summed E-state index contributed by atoms with van der Waals surface area (Å²) in [5.41, 5.74) is 1.63. The topological polar surface area (TPSA) is 117 Å². The second-order valence-electron chi connectivity index (χ2n) is 8.57. The highest BCUT2D eigenvalue weighted by Crippen LogP contribution is 2.41. The van der Waals surface area contributed by atoms with E-state index in [4.69, 9.17) is 4.74 Å². The minimum Gasteiger partial charge on any atom is -0.444 e. The Bertz CT molecular complexity index is 1200. The molecule has 3 N–H and O–H groups in total. The molecular weight excluding hydrogens is 424 g/mol. The zero-order chi connectivity index (χ0) is 23.8. The molecule has 4 amide bonds. The summed E-state index contributed by atoms with van der Waals surface area (Å²) in [6.07, 6.45) is -0.600. The third-order valence-corrected chi connectivity index (χ3v) is 5.01. The van der Waals surface area contributed by atoms with E-state index >= 15 is 0 Å². The summed E-state index contributed by atoms with van der Waals surface area (Å²) in [6.45, 7) is 5.45. The lowest BCUT2D eigenvalue weighted by Gasteiger charge is -2.20. The fraction of sp³-hybridized carbons (Fsp3) is 0.250. The highest BCUT2D eigenvalue weighted by molar-refractivity contribution is 6.44. The minimum absolute atomic E-state index is 0.0819. The molecule has 0 atom stereocenters. The van der Waals surface area contributed by atoms with Crippen LogP contribution >= 0.6 is 0 Å². The van der Waals surface area contributed by atoms with Crippen molar-refractivity contribution in [2.24, 2.45) is 0 Å². The SMILES string of the molecule is CC(C)(C)OC(=O)NCCNC(=O)N1C(=O)/C(=C2\Nc3ccccc3C2=O)c2ccccc21. The number of allylic oxidation sites excluding steroid dienone is 1. The summed E-state index contributed by atoms with van der Waals surface area (Å²) in [4.78, 5) is 51.9. The summed E-state index contributed by atoms with van der Waals surface area (Å²) < 4.78 is 5.14. The molecule has 4 rings (SSSR count). The normalized spacial score (nSPS) is 16.8. The number of urea groups is 1. The van der Waals surface area contributed by atoms with E-state index in [0.29, 0.717) is 22.5 Å². The first-order valence-electron chi connectivity index (χ1n) is 10.5. The van der Waals surface area contributed by atoms with Crippen LogP contribution < -0.4 is 20.9 Å². The molecule has 2 aliphatic rings. The Morgan fingerprint density at radius 3 is 2.27 bits per heavy atom. The smallest absolute Gasteiger partial charge is 0.407 e. The van der Waals surface area contributed by atoms with Gasteiger partial charge in [0.15, 0.2) is 0 Å². The van der Waals surface area contributed by atoms with E-state index in [2.05, 4.69) is 16.0 Å². The van der Waals surface area contributed by atoms with Crippen LogP contribution in [0.2, 0.25) is 0 Å². The molecule has 2 aromatic rings. The summed E-state index contributed by atoms with van der Waals surface area (Å²) in [6, 6.07) is 13.1. The largest absolute Gasteiger partial charge is 0.444 e. The Morgan fingerprint density at radius 1 is 0.939 bits per heavy atom. The fourth-order valence-corrected chi connectivity index (χ4v) is 3.68. The first-order chi connectivity index (χ1) is 15.7. The second kappa shape index (κ2) is 8.42. The van der Waals surface area contributed by atoms with Gasteiger partial charge in [-0.15, -0.1) is 0 Å². The Labute approximate surface area is 190 Å². The average molecular weight is 448 g/mol. The van der Waals surface area contributed by atoms with Crippen LogP contribution in [0, 0.1) is 0 Å². The maximum Gasteiger partial charge on any atom is 0.407 e. The average Bonchev–Trinajstić information content (AvgIpc) is 3.23. The van der Waals surface area contributed by atoms with Crippen molar-refractivity contribution in [2.45, 2.75) is 26.4 Å². The van der Waals surface area contributed by atoms with Gasteiger partial charge in [-0.2, -0.15) is 0 Å². The number of hydrogen-bond donors (Lipinski definition) is 3. The van der Waals surface area contributed by atoms with Crippen molar-refractivity contribution in [3.63, 3.8) is 0 Å². The number of ketones is 1. The maximum absolute atomic E-state index is 13.3. The molecule has 0 saturated heterocycles. The van der Waals surface area contributed by atoms with Gasteiger partial charge in [0.1, 0.15) is 11.3 Å². The number of fused-ring (bicyclic) bond motifs is 2. The minimum atomic E-state index is -0.656. The lowest BCUT2D eigenvalue weighted by Crippen LogP contribution is -2.45. The first kappa shape index (κ1) is 22.1. The van der Waals surface area contributed by atoms with Crippen molar-refractivity contribution >= 4 is 40.8 Å². The lowest BCUT2D eigenvalue weighted by atomic mass is 10.0. The molecule has 0 aliphatic carbocycles. The van der Waals surface area contributed by atoms with E-state index in [0.717, 1.165) is 4.90 Å². The van der Waals surface area contributed by atoms with Crippen molar-refractivity contribution in [3.8, 4) is 0 Å². The monoisotopic (exact) mass is 448 g/mol. The van der Waals surface area contributed by atoms with Crippen LogP contribution in [0.1, 0.15) is 36.7 Å². The molecule has 33 heavy (non-hydrogen) atoms. The molecule has 0 fully saturated rings. The van der Waals surface area contributed by atoms with E-state index in [-0.39, 0.29) is 30.1 Å². The number of benzene rings is 2. The Morgan fingerprint density at radius 2 is 1.58 bits per heavy atom. The van der Waals surface area contributed by atoms with Crippen molar-refractivity contribution < 1.29 is 23.9 Å². The molecule has 2 aromatic carbocycles. The zero-order valence-corrected chi connectivity index (χ0v) is 18.5. The summed E-state index contributed by atoms with van der Waals surface area (Å²) in [5, 5.41) is 8.19. The van der Waals surface area contributed by atoms with E-state index in [9.17, 15) is 19.2 Å². The quantitative estimate of drug-likeness (QED) is 0.490. The number of ether oxygens (including phenoxy) is 1. The highest BCUT2D eigenvalue weighted by Gasteiger charge is 2.41. The number of nitrogens with zero attached hydrogens (tertiary/aromatic N) is 1. The summed E-state index contributed by atoms with van der Waals surface area (Å²) in [5.74, 6) is -0.898. The van der Waals surface area contributed by atoms with Crippen molar-refractivity contribution in [1.29, 1.82) is 0 Å². The van der Waals surface area contributed by atoms with Crippen LogP contribution in [0.25, 0.3) is 5.57 Å². The van der Waals surface area contributed by atoms with E-state index in [1.807, 2.05) is 0 Å². The number of amides is 4. The molecule has 0 spiro atoms. The number of Topliss-reactive ketones (excluding diaryl/α,β-unsaturated/α-hetero) is 1. The molecule has 9 nitrogen and oxygen atoms in total. The molecule has 2 heterocycles. The number of rotatable bonds is 3. The zero-order valence-electron chi connectivity index (χ0n) is 18.5. The molecule has 0 aromatic heterocycles. The molecular formula is C24H24N4O5. The molecule has 170 valence electrons. The van der Waals surface area contributed by atoms with Crippen LogP contribution in [-0.4, -0.2) is 42.5 Å². The van der Waals surface area contributed by atoms with Gasteiger partial charge in [-0.1, -0.05) is 30.3 Å². The molecule has 0 saturated carbocycles. The van der Waals surface area contributed by atoms with Crippen LogP contribution in [0.4, 0.5) is 21.0 Å². The number of nitrogens with one attached hydrogen (secondary N) is 3. The maximum atomic E-state index is 13.3. The van der Waals surface area contributed by atoms with Gasteiger partial charge in [0.05, 0.1) is 11.3 Å². The van der Waals surface area contributed by atoms with Gasteiger partial charge in [-0.25, -0.2) is 14.5 Å². The highest BCUT2D eigenvalue weighted by atomic mass is 16.6. The summed E-state index contributed by atoms with van der Waals surface area (Å²) in [7, 11) is 0. The number of imide groups is 1. The van der Waals surface area contributed by atoms with E-state index < -0.39 is 23.6 Å². The number of carbonyl (C=O) groups excluding carboxylic acids is 4. The standard InChI is InChI=1S/C24H24N4O5/c1-24(2,3)33-23(32)26-13-12-25-22(31)28-17-11-7-5-9-15(17)18(21(28)30)19-20(29)14-8-4-6-10-16(14)27-19/h4-11,27H,12-13H2,1-3H3,(H,25,31)(H,26,32)/b19-18-. The molecule has 0 radical (unpaired) electrons. The van der Waals surface area contributed by atoms with Crippen molar-refractivity contribution in [2.75, 3.05) is 23.3 Å². The number of alkyl carbamates (subject to hydrolysis) is 1. The predicted octanol–water partition coefficient (Wildman–Crippen LogP) is 3.29. The van der Waals surface area contributed by atoms with Gasteiger partial charge >= 0.3 is 12.1 Å². The van der Waals surface area contributed by atoms with Gasteiger partial charge < -0.3 is 20.7 Å². The van der Waals surface area contributed by atoms with Crippen molar-refractivity contribution in [3.05, 3.63) is 65.4 Å². The van der Waals surface area contributed by atoms with Crippen LogP contribution in [0.3, 0.4) is 0 Å². The lowest BCUT2D eigenvalue weighted by molar-refractivity contribution is -0.112. The fourth-order valence-electron chi connectivity index (χ4n) is 3.68. The summed E-state index contributed by atoms with van der Waals surface area (Å²) >= 11 is 0. The third kappa shape index (κ3) is 4.30. The molecule has 2 aliphatic heterocycles. The number of carbonyl (C=O) groups is 4. The van der Waals surface area contributed by atoms with Crippen LogP contribution in [0.15, 0.2) is 54.2 Å². The Balaban J connectivity index is 1.51. The molecule has 0 unspecified atom stereocenters. The second-order valence-corrected chi connectivity index (χ2v) is 8.57. The van der Waals surface area contributed by atoms with E-state index in [1.165, 1.54) is 0 Å². The molecule has 0 bridgehead atoms. The number of para-hydroxylation sites is 2. The Kier molecular flexibility index (Phi) is 5.63. The van der Waals surface area contributed by atoms with E-state index in [1.54, 1.807) is 69.3 Å². The van der Waals surface area contributed by atoms with Crippen LogP contribution in [0.5, 0.6) is 0 Å².